The lowest BCUT2D eigenvalue weighted by molar-refractivity contribution is -0.384. The van der Waals surface area contributed by atoms with Crippen LogP contribution in [0.3, 0.4) is 0 Å². The van der Waals surface area contributed by atoms with Crippen LogP contribution in [0.25, 0.3) is 11.3 Å². The Kier molecular flexibility index (Phi) is 5.29. The Bertz CT molecular complexity index is 972. The van der Waals surface area contributed by atoms with Crippen molar-refractivity contribution in [2.24, 2.45) is 0 Å². The molecule has 3 rings (SSSR count). The fourth-order valence-electron chi connectivity index (χ4n) is 2.19. The van der Waals surface area contributed by atoms with Gasteiger partial charge in [-0.15, -0.1) is 11.3 Å². The quantitative estimate of drug-likeness (QED) is 0.462. The van der Waals surface area contributed by atoms with Crippen molar-refractivity contribution in [3.63, 3.8) is 0 Å². The molecule has 1 heterocycles. The molecule has 0 aliphatic carbocycles. The molecule has 0 aliphatic heterocycles. The number of hydrogen-bond donors (Lipinski definition) is 1. The van der Waals surface area contributed by atoms with E-state index in [-0.39, 0.29) is 11.6 Å². The minimum atomic E-state index is -0.512. The molecule has 9 heteroatoms. The van der Waals surface area contributed by atoms with Gasteiger partial charge in [0.25, 0.3) is 11.6 Å². The smallest absolute Gasteiger partial charge is 0.269 e. The maximum Gasteiger partial charge on any atom is 0.269 e. The predicted molar refractivity (Wildman–Crippen MR) is 103 cm³/mol. The van der Waals surface area contributed by atoms with Crippen LogP contribution in [0.2, 0.25) is 0 Å². The molecule has 0 fully saturated rings. The highest BCUT2D eigenvalue weighted by Crippen LogP contribution is 2.32. The van der Waals surface area contributed by atoms with Crippen molar-refractivity contribution >= 4 is 44.0 Å². The van der Waals surface area contributed by atoms with E-state index in [1.165, 1.54) is 35.6 Å². The average Bonchev–Trinajstić information content (AvgIpc) is 3.10. The molecule has 1 amide bonds. The molecule has 0 aliphatic rings. The van der Waals surface area contributed by atoms with Gasteiger partial charge in [-0.3, -0.25) is 20.2 Å². The molecule has 0 saturated heterocycles. The number of aromatic nitrogens is 1. The highest BCUT2D eigenvalue weighted by atomic mass is 79.9. The Balaban J connectivity index is 1.74. The number of methoxy groups -OCH3 is 1. The number of nitrogens with zero attached hydrogens (tertiary/aromatic N) is 2. The predicted octanol–water partition coefficient (Wildman–Crippen LogP) is 4.74. The van der Waals surface area contributed by atoms with Crippen LogP contribution in [0, 0.1) is 10.1 Å². The SMILES string of the molecule is COc1ccc(-c2csc(NC(=O)c3ccc([N+](=O)[O-])cc3)n2)cc1Br. The normalized spacial score (nSPS) is 10.4. The molecule has 2 aromatic carbocycles. The van der Waals surface area contributed by atoms with Crippen LogP contribution in [0.4, 0.5) is 10.8 Å². The minimum Gasteiger partial charge on any atom is -0.496 e. The van der Waals surface area contributed by atoms with Crippen molar-refractivity contribution in [2.45, 2.75) is 0 Å². The third-order valence-corrected chi connectivity index (χ3v) is 4.89. The molecule has 0 radical (unpaired) electrons. The van der Waals surface area contributed by atoms with E-state index in [1.807, 2.05) is 23.6 Å². The van der Waals surface area contributed by atoms with E-state index in [0.29, 0.717) is 10.7 Å². The lowest BCUT2D eigenvalue weighted by Crippen LogP contribution is -2.11. The molecule has 0 saturated carbocycles. The van der Waals surface area contributed by atoms with Crippen molar-refractivity contribution in [3.05, 3.63) is 68.0 Å². The van der Waals surface area contributed by atoms with E-state index < -0.39 is 4.92 Å². The Morgan fingerprint density at radius 2 is 2.00 bits per heavy atom. The summed E-state index contributed by atoms with van der Waals surface area (Å²) >= 11 is 4.72. The van der Waals surface area contributed by atoms with Crippen LogP contribution in [0.1, 0.15) is 10.4 Å². The zero-order valence-corrected chi connectivity index (χ0v) is 15.8. The summed E-state index contributed by atoms with van der Waals surface area (Å²) in [6, 6.07) is 11.0. The number of hydrogen-bond acceptors (Lipinski definition) is 6. The molecule has 3 aromatic rings. The number of nitro benzene ring substituents is 1. The summed E-state index contributed by atoms with van der Waals surface area (Å²) in [4.78, 5) is 26.8. The number of nitrogens with one attached hydrogen (secondary N) is 1. The largest absolute Gasteiger partial charge is 0.496 e. The molecule has 26 heavy (non-hydrogen) atoms. The van der Waals surface area contributed by atoms with Gasteiger partial charge in [0, 0.05) is 28.6 Å². The van der Waals surface area contributed by atoms with E-state index >= 15 is 0 Å². The first-order chi connectivity index (χ1) is 12.5. The zero-order valence-electron chi connectivity index (χ0n) is 13.4. The summed E-state index contributed by atoms with van der Waals surface area (Å²) in [5, 5.41) is 15.6. The first kappa shape index (κ1) is 18.0. The monoisotopic (exact) mass is 433 g/mol. The van der Waals surface area contributed by atoms with Gasteiger partial charge in [0.2, 0.25) is 0 Å². The lowest BCUT2D eigenvalue weighted by atomic mass is 10.2. The van der Waals surface area contributed by atoms with Crippen molar-refractivity contribution in [2.75, 3.05) is 12.4 Å². The van der Waals surface area contributed by atoms with Crippen molar-refractivity contribution < 1.29 is 14.5 Å². The van der Waals surface area contributed by atoms with Crippen LogP contribution in [0.5, 0.6) is 5.75 Å². The highest BCUT2D eigenvalue weighted by Gasteiger charge is 2.13. The molecule has 0 spiro atoms. The van der Waals surface area contributed by atoms with Crippen LogP contribution in [0.15, 0.2) is 52.3 Å². The van der Waals surface area contributed by atoms with Crippen LogP contribution >= 0.6 is 27.3 Å². The zero-order chi connectivity index (χ0) is 18.7. The number of thiazole rings is 1. The van der Waals surface area contributed by atoms with Gasteiger partial charge in [-0.2, -0.15) is 0 Å². The molecule has 0 bridgehead atoms. The third-order valence-electron chi connectivity index (χ3n) is 3.51. The second-order valence-electron chi connectivity index (χ2n) is 5.15. The maximum atomic E-state index is 12.2. The van der Waals surface area contributed by atoms with Gasteiger partial charge < -0.3 is 4.74 Å². The van der Waals surface area contributed by atoms with Gasteiger partial charge in [0.05, 0.1) is 22.2 Å². The molecular weight excluding hydrogens is 422 g/mol. The van der Waals surface area contributed by atoms with Crippen LogP contribution < -0.4 is 10.1 Å². The van der Waals surface area contributed by atoms with Crippen molar-refractivity contribution in [1.29, 1.82) is 0 Å². The molecule has 132 valence electrons. The summed E-state index contributed by atoms with van der Waals surface area (Å²) in [7, 11) is 1.59. The number of benzene rings is 2. The topological polar surface area (TPSA) is 94.4 Å². The van der Waals surface area contributed by atoms with E-state index in [1.54, 1.807) is 7.11 Å². The Labute approximate surface area is 160 Å². The Morgan fingerprint density at radius 1 is 1.27 bits per heavy atom. The van der Waals surface area contributed by atoms with Crippen molar-refractivity contribution in [3.8, 4) is 17.0 Å². The van der Waals surface area contributed by atoms with Crippen LogP contribution in [-0.4, -0.2) is 22.9 Å². The summed E-state index contributed by atoms with van der Waals surface area (Å²) in [5.74, 6) is 0.340. The van der Waals surface area contributed by atoms with E-state index in [9.17, 15) is 14.9 Å². The Morgan fingerprint density at radius 3 is 2.62 bits per heavy atom. The summed E-state index contributed by atoms with van der Waals surface area (Å²) in [6.07, 6.45) is 0. The van der Waals surface area contributed by atoms with Gasteiger partial charge >= 0.3 is 0 Å². The van der Waals surface area contributed by atoms with Gasteiger partial charge in [0.1, 0.15) is 5.75 Å². The third kappa shape index (κ3) is 3.89. The summed E-state index contributed by atoms with van der Waals surface area (Å²) < 4.78 is 6.01. The molecule has 7 nitrogen and oxygen atoms in total. The highest BCUT2D eigenvalue weighted by molar-refractivity contribution is 9.10. The van der Waals surface area contributed by atoms with Crippen LogP contribution in [-0.2, 0) is 0 Å². The number of carbonyl (C=O) groups excluding carboxylic acids is 1. The number of anilines is 1. The van der Waals surface area contributed by atoms with E-state index in [0.717, 1.165) is 21.5 Å². The minimum absolute atomic E-state index is 0.0665. The second-order valence-corrected chi connectivity index (χ2v) is 6.86. The maximum absolute atomic E-state index is 12.2. The van der Waals surface area contributed by atoms with E-state index in [4.69, 9.17) is 4.74 Å². The van der Waals surface area contributed by atoms with Crippen molar-refractivity contribution in [1.82, 2.24) is 4.98 Å². The molecule has 0 unspecified atom stereocenters. The second kappa shape index (κ2) is 7.63. The fraction of sp³-hybridized carbons (Fsp3) is 0.0588. The standard InChI is InChI=1S/C17H12BrN3O4S/c1-25-15-7-4-11(8-13(15)18)14-9-26-17(19-14)20-16(22)10-2-5-12(6-3-10)21(23)24/h2-9H,1H3,(H,19,20,22). The number of nitro groups is 1. The number of ether oxygens (including phenoxy) is 1. The molecule has 1 aromatic heterocycles. The first-order valence-corrected chi connectivity index (χ1v) is 9.00. The average molecular weight is 434 g/mol. The lowest BCUT2D eigenvalue weighted by Gasteiger charge is -2.04. The van der Waals surface area contributed by atoms with Gasteiger partial charge in [-0.1, -0.05) is 0 Å². The first-order valence-electron chi connectivity index (χ1n) is 7.33. The number of amides is 1. The van der Waals surface area contributed by atoms with Gasteiger partial charge in [-0.05, 0) is 46.3 Å². The Hall–Kier alpha value is -2.78. The molecule has 0 atom stereocenters. The molecule has 1 N–H and O–H groups in total. The summed E-state index contributed by atoms with van der Waals surface area (Å²) in [5.41, 5.74) is 1.85. The van der Waals surface area contributed by atoms with Gasteiger partial charge in [-0.25, -0.2) is 4.98 Å². The number of carbonyl (C=O) groups is 1. The summed E-state index contributed by atoms with van der Waals surface area (Å²) in [6.45, 7) is 0. The molecular formula is C17H12BrN3O4S. The number of halogens is 1. The number of non-ortho nitro benzene ring substituents is 1. The van der Waals surface area contributed by atoms with E-state index in [2.05, 4.69) is 26.2 Å². The number of rotatable bonds is 5. The van der Waals surface area contributed by atoms with Gasteiger partial charge in [0.15, 0.2) is 5.13 Å². The fourth-order valence-corrected chi connectivity index (χ4v) is 3.45.